The van der Waals surface area contributed by atoms with E-state index in [-0.39, 0.29) is 171 Å². The second kappa shape index (κ2) is 20.1. The number of halogens is 3. The zero-order valence-corrected chi connectivity index (χ0v) is 44.3. The van der Waals surface area contributed by atoms with E-state index >= 15 is 0 Å². The topological polar surface area (TPSA) is 192 Å². The van der Waals surface area contributed by atoms with Gasteiger partial charge >= 0.3 is 150 Å². The molecule has 0 spiro atoms. The average Bonchev–Trinajstić information content (AvgIpc) is 3.75. The second-order valence-corrected chi connectivity index (χ2v) is 15.4. The minimum Gasteiger partial charge on any atom is -1.00 e. The fraction of sp³-hybridized carbons (Fsp3) is 0.469. The summed E-state index contributed by atoms with van der Waals surface area (Å²) in [6.45, 7) is 4.40. The van der Waals surface area contributed by atoms with Gasteiger partial charge in [-0.2, -0.15) is 14.6 Å². The van der Waals surface area contributed by atoms with Crippen LogP contribution in [-0.2, 0) is 27.3 Å². The van der Waals surface area contributed by atoms with Gasteiger partial charge in [-0.25, -0.2) is 24.2 Å². The summed E-state index contributed by atoms with van der Waals surface area (Å²) in [4.78, 5) is 41.3. The van der Waals surface area contributed by atoms with Crippen molar-refractivity contribution in [2.45, 2.75) is 65.8 Å². The molecule has 3 N–H and O–H groups in total. The molecular formula is C32H37Cs2FI2N6O7. The van der Waals surface area contributed by atoms with Crippen molar-refractivity contribution in [2.24, 2.45) is 33.7 Å². The van der Waals surface area contributed by atoms with Crippen molar-refractivity contribution in [3.8, 4) is 5.82 Å². The third kappa shape index (κ3) is 11.4. The molecule has 260 valence electrons. The number of nitrogens with one attached hydrogen (secondary N) is 1. The molecule has 6 atom stereocenters. The SMILES string of the molecule is C.C[C@]12CC3NN=C(C(=O)O)C3C[C@H]1C2.C[C@]12Cc3c(c(C(=O)O)nn3-c3cc(I)ccn3)C[C@H]1C2.Fc1cc(I)ccn1.O=CO[O-].[Cs+].[Cs+].[H-]. The molecule has 3 aromatic rings. The van der Waals surface area contributed by atoms with Crippen molar-refractivity contribution in [3.63, 3.8) is 0 Å². The number of hydrazone groups is 1. The van der Waals surface area contributed by atoms with E-state index in [0.29, 0.717) is 28.3 Å². The van der Waals surface area contributed by atoms with Crippen molar-refractivity contribution in [1.29, 1.82) is 0 Å². The first kappa shape index (κ1) is 47.0. The summed E-state index contributed by atoms with van der Waals surface area (Å²) in [6, 6.07) is 7.24. The maximum Gasteiger partial charge on any atom is 1.00 e. The molecule has 18 heteroatoms. The van der Waals surface area contributed by atoms with Crippen LogP contribution in [0.15, 0.2) is 41.8 Å². The van der Waals surface area contributed by atoms with Crippen LogP contribution in [0.1, 0.15) is 70.1 Å². The maximum atomic E-state index is 12.1. The second-order valence-electron chi connectivity index (χ2n) is 12.9. The normalized spacial score (nSPS) is 26.5. The molecule has 8 rings (SSSR count). The first-order valence-corrected chi connectivity index (χ1v) is 17.0. The molecule has 0 saturated heterocycles. The van der Waals surface area contributed by atoms with Crippen LogP contribution in [0.25, 0.3) is 5.82 Å². The number of hydrogen-bond acceptors (Lipinski definition) is 10. The predicted octanol–water partition coefficient (Wildman–Crippen LogP) is -1.45. The maximum absolute atomic E-state index is 12.1. The monoisotopic (exact) mass is 1160 g/mol. The number of carboxylic acid groups (broad SMARTS) is 2. The summed E-state index contributed by atoms with van der Waals surface area (Å²) in [5.41, 5.74) is 6.26. The van der Waals surface area contributed by atoms with Crippen molar-refractivity contribution in [1.82, 2.24) is 25.2 Å². The fourth-order valence-electron chi connectivity index (χ4n) is 6.92. The van der Waals surface area contributed by atoms with Gasteiger partial charge in [-0.1, -0.05) is 21.3 Å². The number of nitrogens with zero attached hydrogens (tertiary/aromatic N) is 5. The molecule has 1 aliphatic heterocycles. The van der Waals surface area contributed by atoms with Gasteiger partial charge in [-0.15, -0.1) is 0 Å². The minimum absolute atomic E-state index is 0. The summed E-state index contributed by atoms with van der Waals surface area (Å²) in [7, 11) is 0. The Balaban J connectivity index is 0.000000378. The molecule has 13 nitrogen and oxygen atoms in total. The van der Waals surface area contributed by atoms with Crippen molar-refractivity contribution < 1.29 is 178 Å². The van der Waals surface area contributed by atoms with E-state index < -0.39 is 17.9 Å². The average molecular weight is 1160 g/mol. The molecule has 0 radical (unpaired) electrons. The van der Waals surface area contributed by atoms with Crippen LogP contribution >= 0.6 is 45.2 Å². The van der Waals surface area contributed by atoms with Crippen LogP contribution < -0.4 is 148 Å². The van der Waals surface area contributed by atoms with Gasteiger partial charge in [-0.3, -0.25) is 4.79 Å². The van der Waals surface area contributed by atoms with Gasteiger partial charge < -0.3 is 27.2 Å². The van der Waals surface area contributed by atoms with E-state index in [9.17, 15) is 19.1 Å². The van der Waals surface area contributed by atoms with Crippen molar-refractivity contribution >= 4 is 69.3 Å². The largest absolute Gasteiger partial charge is 1.00 e. The molecular weight excluding hydrogens is 1120 g/mol. The quantitative estimate of drug-likeness (QED) is 0.0912. The number of hydrogen-bond donors (Lipinski definition) is 3. The first-order valence-electron chi connectivity index (χ1n) is 14.8. The van der Waals surface area contributed by atoms with Crippen LogP contribution in [0.4, 0.5) is 4.39 Å². The van der Waals surface area contributed by atoms with Crippen LogP contribution in [0.2, 0.25) is 0 Å². The zero-order chi connectivity index (χ0) is 34.1. The summed E-state index contributed by atoms with van der Waals surface area (Å²) >= 11 is 4.25. The number of aromatic nitrogens is 4. The van der Waals surface area contributed by atoms with E-state index in [1.165, 1.54) is 25.1 Å². The minimum atomic E-state index is -0.945. The molecule has 5 aliphatic rings. The molecule has 50 heavy (non-hydrogen) atoms. The smallest absolute Gasteiger partial charge is 1.00 e. The molecule has 3 aromatic heterocycles. The Bertz CT molecular complexity index is 1730. The van der Waals surface area contributed by atoms with E-state index in [1.807, 2.05) is 34.7 Å². The molecule has 4 aliphatic carbocycles. The predicted molar refractivity (Wildman–Crippen MR) is 187 cm³/mol. The first-order chi connectivity index (χ1) is 22.3. The number of pyridine rings is 2. The van der Waals surface area contributed by atoms with Crippen LogP contribution in [0.3, 0.4) is 0 Å². The van der Waals surface area contributed by atoms with Crippen LogP contribution in [0.5, 0.6) is 0 Å². The van der Waals surface area contributed by atoms with Crippen molar-refractivity contribution in [2.75, 3.05) is 0 Å². The molecule has 2 unspecified atom stereocenters. The van der Waals surface area contributed by atoms with E-state index in [4.69, 9.17) is 15.2 Å². The number of fused-ring (bicyclic) bond motifs is 4. The van der Waals surface area contributed by atoms with Gasteiger partial charge in [0.2, 0.25) is 5.95 Å². The Hall–Kier alpha value is 0.844. The van der Waals surface area contributed by atoms with E-state index in [1.54, 1.807) is 16.9 Å². The Morgan fingerprint density at radius 1 is 1.06 bits per heavy atom. The van der Waals surface area contributed by atoms with Gasteiger partial charge in [0.05, 0.1) is 11.7 Å². The summed E-state index contributed by atoms with van der Waals surface area (Å²) in [5, 5.41) is 35.1. The van der Waals surface area contributed by atoms with Gasteiger partial charge in [0, 0.05) is 37.1 Å². The number of carboxylic acids is 2. The van der Waals surface area contributed by atoms with Crippen LogP contribution in [-0.4, -0.2) is 60.1 Å². The third-order valence-electron chi connectivity index (χ3n) is 9.67. The molecule has 3 fully saturated rings. The zero-order valence-electron chi connectivity index (χ0n) is 28.4. The van der Waals surface area contributed by atoms with Gasteiger partial charge in [-0.05, 0) is 125 Å². The number of rotatable bonds is 4. The molecule has 3 saturated carbocycles. The fourth-order valence-corrected chi connectivity index (χ4v) is 7.77. The molecule has 0 aromatic carbocycles. The molecule has 4 heterocycles. The number of aliphatic carboxylic acids is 1. The number of carbonyl (C=O) groups is 3. The standard InChI is InChI=1S/C15H14IN3O2.C10H14N2O2.C5H3FIN.CH2O3.CH4.2Cs.H/c1-15-6-8(15)4-10-11(7-15)19(18-13(10)14(20)21)12-5-9(16)2-3-17-12;1-10-3-5(10)2-6-7(4-10)11-12-8(6)9(13)14;6-5-3-4(7)1-2-8-5;2-1-4-3;;;;/h2-3,5,8H,4,6-7H2,1H3,(H,20,21);5-7,11H,2-4H2,1H3,(H,13,14);1-3H;1,3H;1H4;;;/q;;;;;2*+1;-1/p-1/t8-,15-;5-,6?,7?,10-;;;;;;/m00....../s1. The Labute approximate surface area is 436 Å². The van der Waals surface area contributed by atoms with E-state index in [0.717, 1.165) is 50.0 Å². The van der Waals surface area contributed by atoms with E-state index in [2.05, 4.69) is 66.9 Å². The van der Waals surface area contributed by atoms with Gasteiger partial charge in [0.25, 0.3) is 6.47 Å². The Morgan fingerprint density at radius 2 is 1.68 bits per heavy atom. The molecule has 0 amide bonds. The van der Waals surface area contributed by atoms with Gasteiger partial charge in [0.15, 0.2) is 11.5 Å². The summed E-state index contributed by atoms with van der Waals surface area (Å²) in [5.74, 6) is 0.00489. The number of carbonyl (C=O) groups excluding carboxylic acids is 1. The number of aromatic carboxylic acids is 1. The Kier molecular flexibility index (Phi) is 18.9. The van der Waals surface area contributed by atoms with Gasteiger partial charge in [0.1, 0.15) is 5.71 Å². The summed E-state index contributed by atoms with van der Waals surface area (Å²) in [6.07, 6.45) is 9.45. The summed E-state index contributed by atoms with van der Waals surface area (Å²) < 4.78 is 15.7. The third-order valence-corrected chi connectivity index (χ3v) is 11.0. The Morgan fingerprint density at radius 3 is 2.22 bits per heavy atom. The van der Waals surface area contributed by atoms with Crippen LogP contribution in [0, 0.1) is 41.7 Å². The van der Waals surface area contributed by atoms with Crippen molar-refractivity contribution in [3.05, 3.63) is 66.7 Å². The molecule has 0 bridgehead atoms.